The van der Waals surface area contributed by atoms with E-state index >= 15 is 0 Å². The van der Waals surface area contributed by atoms with Crippen molar-refractivity contribution in [1.82, 2.24) is 0 Å². The van der Waals surface area contributed by atoms with E-state index in [1.807, 2.05) is 0 Å². The van der Waals surface area contributed by atoms with E-state index in [1.165, 1.54) is 0 Å². The molecule has 0 bridgehead atoms. The van der Waals surface area contributed by atoms with Crippen molar-refractivity contribution in [2.24, 2.45) is 0 Å². The summed E-state index contributed by atoms with van der Waals surface area (Å²) >= 11 is 0. The molecule has 0 amide bonds. The summed E-state index contributed by atoms with van der Waals surface area (Å²) in [6, 6.07) is 0. The fourth-order valence-corrected chi connectivity index (χ4v) is 1.13. The van der Waals surface area contributed by atoms with Crippen molar-refractivity contribution in [3.63, 3.8) is 0 Å². The molecule has 0 aliphatic carbocycles. The van der Waals surface area contributed by atoms with Gasteiger partial charge in [0.25, 0.3) is 0 Å². The van der Waals surface area contributed by atoms with E-state index in [4.69, 9.17) is 5.11 Å². The van der Waals surface area contributed by atoms with Crippen LogP contribution in [0, 0.1) is 0 Å². The predicted octanol–water partition coefficient (Wildman–Crippen LogP) is 1.86. The van der Waals surface area contributed by atoms with Gasteiger partial charge in [0, 0.05) is 0 Å². The van der Waals surface area contributed by atoms with E-state index in [0.717, 1.165) is 12.6 Å². The van der Waals surface area contributed by atoms with Crippen LogP contribution in [0.2, 0.25) is 0 Å². The maximum absolute atomic E-state index is 9.85. The Morgan fingerprint density at radius 3 is 2.75 bits per heavy atom. The SMILES string of the molecule is O=C(O)CCC[PH]#P. The van der Waals surface area contributed by atoms with E-state index in [2.05, 4.69) is 8.34 Å². The first-order chi connectivity index (χ1) is 3.77. The first-order valence-electron chi connectivity index (χ1n) is 2.36. The molecule has 0 saturated heterocycles. The van der Waals surface area contributed by atoms with Crippen molar-refractivity contribution < 1.29 is 9.90 Å². The molecular formula is C4H8O2P2. The van der Waals surface area contributed by atoms with Crippen molar-refractivity contribution in [3.8, 4) is 0 Å². The van der Waals surface area contributed by atoms with Crippen LogP contribution >= 0.6 is 16.0 Å². The summed E-state index contributed by atoms with van der Waals surface area (Å²) in [5, 5.41) is 8.12. The summed E-state index contributed by atoms with van der Waals surface area (Å²) in [5.74, 6) is -0.711. The van der Waals surface area contributed by atoms with Gasteiger partial charge in [-0.3, -0.25) is 0 Å². The van der Waals surface area contributed by atoms with Crippen LogP contribution in [0.4, 0.5) is 0 Å². The second-order valence-electron chi connectivity index (χ2n) is 1.41. The Bertz CT molecular complexity index is 116. The minimum atomic E-state index is -0.711. The second-order valence-corrected chi connectivity index (χ2v) is 3.17. The Labute approximate surface area is 51.8 Å². The third kappa shape index (κ3) is 6.20. The van der Waals surface area contributed by atoms with Crippen LogP contribution in [0.5, 0.6) is 0 Å². The van der Waals surface area contributed by atoms with Gasteiger partial charge in [-0.15, -0.1) is 0 Å². The Morgan fingerprint density at radius 2 is 2.38 bits per heavy atom. The molecule has 0 rings (SSSR count). The summed E-state index contributed by atoms with van der Waals surface area (Å²) in [7, 11) is 4.55. The molecule has 1 N–H and O–H groups in total. The number of hydrogen-bond acceptors (Lipinski definition) is 1. The van der Waals surface area contributed by atoms with E-state index in [-0.39, 0.29) is 6.42 Å². The molecule has 0 fully saturated rings. The zero-order valence-corrected chi connectivity index (χ0v) is 6.32. The molecule has 0 aromatic carbocycles. The summed E-state index contributed by atoms with van der Waals surface area (Å²) in [6.07, 6.45) is 1.97. The van der Waals surface area contributed by atoms with Gasteiger partial charge >= 0.3 is 50.9 Å². The zero-order valence-electron chi connectivity index (χ0n) is 4.42. The zero-order chi connectivity index (χ0) is 6.41. The first-order valence-corrected chi connectivity index (χ1v) is 4.85. The Kier molecular flexibility index (Phi) is 5.47. The van der Waals surface area contributed by atoms with Gasteiger partial charge in [0.1, 0.15) is 0 Å². The number of carboxylic acids is 1. The van der Waals surface area contributed by atoms with E-state index in [9.17, 15) is 4.79 Å². The van der Waals surface area contributed by atoms with Gasteiger partial charge in [-0.2, -0.15) is 0 Å². The summed E-state index contributed by atoms with van der Waals surface area (Å²) in [4.78, 5) is 9.85. The molecule has 0 aliphatic rings. The quantitative estimate of drug-likeness (QED) is 0.492. The van der Waals surface area contributed by atoms with Crippen LogP contribution in [0.3, 0.4) is 0 Å². The van der Waals surface area contributed by atoms with Gasteiger partial charge in [0.05, 0.1) is 0 Å². The van der Waals surface area contributed by atoms with Crippen LogP contribution < -0.4 is 0 Å². The minimum absolute atomic E-state index is 0.285. The summed E-state index contributed by atoms with van der Waals surface area (Å²) in [6.45, 7) is 0. The molecule has 0 radical (unpaired) electrons. The Balaban J connectivity index is 2.97. The molecule has 4 heteroatoms. The molecule has 1 atom stereocenters. The number of carboxylic acid groups (broad SMARTS) is 1. The predicted molar refractivity (Wildman–Crippen MR) is 37.0 cm³/mol. The summed E-state index contributed by atoms with van der Waals surface area (Å²) < 4.78 is 0. The molecule has 8 heavy (non-hydrogen) atoms. The van der Waals surface area contributed by atoms with Crippen molar-refractivity contribution >= 4 is 22.0 Å². The van der Waals surface area contributed by atoms with Crippen molar-refractivity contribution in [1.29, 1.82) is 0 Å². The van der Waals surface area contributed by atoms with Crippen molar-refractivity contribution in [2.45, 2.75) is 12.8 Å². The van der Waals surface area contributed by atoms with Crippen LogP contribution in [0.15, 0.2) is 0 Å². The fourth-order valence-electron chi connectivity index (χ4n) is 0.319. The number of aliphatic carboxylic acids is 1. The molecule has 46 valence electrons. The average molecular weight is 150 g/mol. The number of carbonyl (C=O) groups is 1. The van der Waals surface area contributed by atoms with Gasteiger partial charge in [-0.05, 0) is 0 Å². The van der Waals surface area contributed by atoms with E-state index < -0.39 is 5.97 Å². The van der Waals surface area contributed by atoms with Crippen LogP contribution in [0.1, 0.15) is 12.8 Å². The molecule has 0 aromatic rings. The molecule has 0 spiro atoms. The molecule has 0 aromatic heterocycles. The molecular weight excluding hydrogens is 142 g/mol. The van der Waals surface area contributed by atoms with Gasteiger partial charge in [-0.25, -0.2) is 0 Å². The first kappa shape index (κ1) is 8.20. The fraction of sp³-hybridized carbons (Fsp3) is 0.750. The Morgan fingerprint density at radius 1 is 1.75 bits per heavy atom. The van der Waals surface area contributed by atoms with Gasteiger partial charge in [0.15, 0.2) is 0 Å². The second kappa shape index (κ2) is 5.34. The summed E-state index contributed by atoms with van der Waals surface area (Å²) in [5.41, 5.74) is 0. The van der Waals surface area contributed by atoms with E-state index in [0.29, 0.717) is 7.68 Å². The maximum atomic E-state index is 9.85. The van der Waals surface area contributed by atoms with Crippen LogP contribution in [-0.4, -0.2) is 17.2 Å². The standard InChI is InChI=1S/C4H8O2P2/c5-4(6)2-1-3-8-7/h8H,1-3H2,(H,5,6). The monoisotopic (exact) mass is 150 g/mol. The normalized spacial score (nSPS) is 9.38. The molecule has 2 nitrogen and oxygen atoms in total. The topological polar surface area (TPSA) is 37.3 Å². The van der Waals surface area contributed by atoms with E-state index in [1.54, 1.807) is 0 Å². The molecule has 0 saturated carbocycles. The third-order valence-electron chi connectivity index (χ3n) is 0.679. The van der Waals surface area contributed by atoms with Gasteiger partial charge in [0.2, 0.25) is 0 Å². The van der Waals surface area contributed by atoms with Crippen LogP contribution in [-0.2, 0) is 4.79 Å². The molecule has 0 heterocycles. The molecule has 1 unspecified atom stereocenters. The van der Waals surface area contributed by atoms with Crippen molar-refractivity contribution in [3.05, 3.63) is 0 Å². The molecule has 0 aliphatic heterocycles. The van der Waals surface area contributed by atoms with Crippen molar-refractivity contribution in [2.75, 3.05) is 6.16 Å². The Hall–Kier alpha value is 0.200. The number of rotatable bonds is 3. The number of hydrogen-bond donors (Lipinski definition) is 1. The van der Waals surface area contributed by atoms with Gasteiger partial charge < -0.3 is 0 Å². The van der Waals surface area contributed by atoms with Crippen LogP contribution in [0.25, 0.3) is 0 Å². The van der Waals surface area contributed by atoms with Gasteiger partial charge in [-0.1, -0.05) is 0 Å². The third-order valence-corrected chi connectivity index (χ3v) is 1.93. The average Bonchev–Trinajstić information content (AvgIpc) is 1.66.